The number of piperidine rings is 1. The Hall–Kier alpha value is -2.83. The molecule has 3 aliphatic rings. The van der Waals surface area contributed by atoms with Crippen LogP contribution in [0.5, 0.6) is 0 Å². The Kier molecular flexibility index (Phi) is 6.95. The maximum atomic E-state index is 13.5. The zero-order valence-electron chi connectivity index (χ0n) is 21.0. The number of hydrogen-bond acceptors (Lipinski definition) is 7. The lowest BCUT2D eigenvalue weighted by molar-refractivity contribution is -0.120. The molecule has 2 aromatic carbocycles. The van der Waals surface area contributed by atoms with E-state index in [1.54, 1.807) is 17.5 Å². The molecule has 9 nitrogen and oxygen atoms in total. The minimum Gasteiger partial charge on any atom is -0.379 e. The van der Waals surface area contributed by atoms with Gasteiger partial charge in [0.05, 0.1) is 18.9 Å². The van der Waals surface area contributed by atoms with E-state index < -0.39 is 16.1 Å². The predicted octanol–water partition coefficient (Wildman–Crippen LogP) is 3.38. The van der Waals surface area contributed by atoms with Crippen molar-refractivity contribution in [3.05, 3.63) is 53.4 Å². The topological polar surface area (TPSA) is 99.3 Å². The molecule has 0 saturated carbocycles. The number of sulfonamides is 1. The highest BCUT2D eigenvalue weighted by atomic mass is 32.2. The second-order valence-corrected chi connectivity index (χ2v) is 12.9. The molecule has 0 spiro atoms. The van der Waals surface area contributed by atoms with Crippen molar-refractivity contribution >= 4 is 55.3 Å². The van der Waals surface area contributed by atoms with E-state index in [-0.39, 0.29) is 16.0 Å². The largest absolute Gasteiger partial charge is 0.379 e. The number of morpholine rings is 1. The Morgan fingerprint density at radius 1 is 1.03 bits per heavy atom. The molecule has 11 heteroatoms. The third kappa shape index (κ3) is 4.52. The summed E-state index contributed by atoms with van der Waals surface area (Å²) < 4.78 is 33.6. The number of nitrogens with zero attached hydrogens (tertiary/aromatic N) is 3. The lowest BCUT2D eigenvalue weighted by atomic mass is 10.0. The number of anilines is 2. The summed E-state index contributed by atoms with van der Waals surface area (Å²) in [5.74, 6) is -0.387. The average Bonchev–Trinajstić information content (AvgIpc) is 3.58. The number of nitrogens with one attached hydrogen (secondary N) is 1. The van der Waals surface area contributed by atoms with Crippen LogP contribution in [0.1, 0.15) is 29.6 Å². The van der Waals surface area contributed by atoms with Gasteiger partial charge in [0.15, 0.2) is 0 Å². The summed E-state index contributed by atoms with van der Waals surface area (Å²) in [5.41, 5.74) is 2.04. The molecule has 38 heavy (non-hydrogen) atoms. The molecule has 2 fully saturated rings. The van der Waals surface area contributed by atoms with Crippen LogP contribution in [0.3, 0.4) is 0 Å². The predicted molar refractivity (Wildman–Crippen MR) is 147 cm³/mol. The molecule has 1 atom stereocenters. The van der Waals surface area contributed by atoms with Crippen LogP contribution < -0.4 is 10.2 Å². The van der Waals surface area contributed by atoms with Crippen LogP contribution in [0, 0.1) is 0 Å². The first kappa shape index (κ1) is 25.4. The number of ether oxygens (including phenoxy) is 1. The van der Waals surface area contributed by atoms with Gasteiger partial charge in [-0.2, -0.15) is 4.31 Å². The number of carbonyl (C=O) groups is 2. The second kappa shape index (κ2) is 10.4. The third-order valence-electron chi connectivity index (χ3n) is 7.60. The van der Waals surface area contributed by atoms with Gasteiger partial charge in [-0.3, -0.25) is 14.5 Å². The fourth-order valence-corrected chi connectivity index (χ4v) is 8.42. The summed E-state index contributed by atoms with van der Waals surface area (Å²) in [7, 11) is -3.75. The van der Waals surface area contributed by atoms with Gasteiger partial charge in [-0.05, 0) is 42.5 Å². The van der Waals surface area contributed by atoms with Crippen LogP contribution in [0.4, 0.5) is 11.4 Å². The lowest BCUT2D eigenvalue weighted by Crippen LogP contribution is -2.49. The third-order valence-corrected chi connectivity index (χ3v) is 10.9. The quantitative estimate of drug-likeness (QED) is 0.481. The number of amides is 2. The van der Waals surface area contributed by atoms with Crippen molar-refractivity contribution in [2.75, 3.05) is 56.2 Å². The maximum Gasteiger partial charge on any atom is 0.259 e. The summed E-state index contributed by atoms with van der Waals surface area (Å²) in [6.45, 7) is 4.78. The van der Waals surface area contributed by atoms with Crippen molar-refractivity contribution in [1.29, 1.82) is 0 Å². The molecular weight excluding hydrogens is 524 g/mol. The average molecular weight is 555 g/mol. The first-order chi connectivity index (χ1) is 18.4. The van der Waals surface area contributed by atoms with Crippen molar-refractivity contribution in [2.45, 2.75) is 29.5 Å². The van der Waals surface area contributed by atoms with E-state index >= 15 is 0 Å². The van der Waals surface area contributed by atoms with Crippen LogP contribution in [0.15, 0.2) is 52.1 Å². The standard InChI is InChI=1S/C27H30N4O5S2/c32-26(23-7-1-2-11-31(23)38(34,35)24-8-4-18-37-24)28-21-9-10-22-25-19(21)5-3-6-20(25)27(33)30(22)13-12-29-14-16-36-17-15-29/h3-6,8-10,18,23H,1-2,7,11-17H2,(H,28,32). The molecule has 1 N–H and O–H groups in total. The second-order valence-electron chi connectivity index (χ2n) is 9.82. The van der Waals surface area contributed by atoms with Crippen molar-refractivity contribution in [2.24, 2.45) is 0 Å². The van der Waals surface area contributed by atoms with E-state index in [1.165, 1.54) is 4.31 Å². The monoisotopic (exact) mass is 554 g/mol. The molecule has 4 heterocycles. The van der Waals surface area contributed by atoms with Crippen LogP contribution in [-0.2, 0) is 19.6 Å². The molecule has 3 aliphatic heterocycles. The van der Waals surface area contributed by atoms with E-state index in [4.69, 9.17) is 4.74 Å². The van der Waals surface area contributed by atoms with Gasteiger partial charge >= 0.3 is 0 Å². The molecule has 2 amide bonds. The van der Waals surface area contributed by atoms with E-state index in [9.17, 15) is 18.0 Å². The van der Waals surface area contributed by atoms with Crippen molar-refractivity contribution in [3.8, 4) is 0 Å². The zero-order valence-corrected chi connectivity index (χ0v) is 22.6. The fourth-order valence-electron chi connectivity index (χ4n) is 5.64. The molecule has 3 aromatic rings. The van der Waals surface area contributed by atoms with Gasteiger partial charge in [-0.15, -0.1) is 11.3 Å². The fraction of sp³-hybridized carbons (Fsp3) is 0.407. The SMILES string of the molecule is O=C(Nc1ccc2c3c(cccc13)C(=O)N2CCN1CCOCC1)C1CCCCN1S(=O)(=O)c1cccs1. The normalized spacial score (nSPS) is 20.8. The molecule has 200 valence electrons. The van der Waals surface area contributed by atoms with Crippen LogP contribution in [0.2, 0.25) is 0 Å². The lowest BCUT2D eigenvalue weighted by Gasteiger charge is -2.33. The van der Waals surface area contributed by atoms with Gasteiger partial charge in [0.2, 0.25) is 5.91 Å². The summed E-state index contributed by atoms with van der Waals surface area (Å²) >= 11 is 1.16. The van der Waals surface area contributed by atoms with E-state index in [0.29, 0.717) is 44.0 Å². The summed E-state index contributed by atoms with van der Waals surface area (Å²) in [5, 5.41) is 6.33. The molecule has 0 radical (unpaired) electrons. The van der Waals surface area contributed by atoms with Crippen molar-refractivity contribution in [1.82, 2.24) is 9.21 Å². The zero-order chi connectivity index (χ0) is 26.3. The first-order valence-corrected chi connectivity index (χ1v) is 15.3. The summed E-state index contributed by atoms with van der Waals surface area (Å²) in [6.07, 6.45) is 1.97. The molecule has 6 rings (SSSR count). The summed E-state index contributed by atoms with van der Waals surface area (Å²) in [4.78, 5) is 31.0. The molecule has 2 saturated heterocycles. The highest BCUT2D eigenvalue weighted by Gasteiger charge is 2.38. The van der Waals surface area contributed by atoms with Crippen LogP contribution in [0.25, 0.3) is 10.8 Å². The Labute approximate surface area is 226 Å². The molecule has 1 unspecified atom stereocenters. The number of hydrogen-bond donors (Lipinski definition) is 1. The van der Waals surface area contributed by atoms with E-state index in [0.717, 1.165) is 60.3 Å². The smallest absolute Gasteiger partial charge is 0.259 e. The Bertz CT molecular complexity index is 1470. The van der Waals surface area contributed by atoms with Crippen LogP contribution >= 0.6 is 11.3 Å². The first-order valence-electron chi connectivity index (χ1n) is 13.0. The van der Waals surface area contributed by atoms with Gasteiger partial charge in [0.25, 0.3) is 15.9 Å². The Morgan fingerprint density at radius 2 is 1.87 bits per heavy atom. The highest BCUT2D eigenvalue weighted by Crippen LogP contribution is 2.41. The number of thiophene rings is 1. The molecular formula is C27H30N4O5S2. The Balaban J connectivity index is 1.26. The van der Waals surface area contributed by atoms with Gasteiger partial charge in [0, 0.05) is 54.7 Å². The van der Waals surface area contributed by atoms with Crippen molar-refractivity contribution < 1.29 is 22.7 Å². The summed E-state index contributed by atoms with van der Waals surface area (Å²) in [6, 6.07) is 11.7. The van der Waals surface area contributed by atoms with Gasteiger partial charge in [-0.25, -0.2) is 8.42 Å². The van der Waals surface area contributed by atoms with Gasteiger partial charge < -0.3 is 15.0 Å². The number of carbonyl (C=O) groups excluding carboxylic acids is 2. The van der Waals surface area contributed by atoms with Gasteiger partial charge in [0.1, 0.15) is 10.3 Å². The van der Waals surface area contributed by atoms with E-state index in [2.05, 4.69) is 10.2 Å². The van der Waals surface area contributed by atoms with E-state index in [1.807, 2.05) is 35.2 Å². The van der Waals surface area contributed by atoms with Crippen molar-refractivity contribution in [3.63, 3.8) is 0 Å². The number of rotatable bonds is 7. The van der Waals surface area contributed by atoms with Gasteiger partial charge in [-0.1, -0.05) is 24.6 Å². The molecule has 0 aliphatic carbocycles. The highest BCUT2D eigenvalue weighted by molar-refractivity contribution is 7.91. The minimum absolute atomic E-state index is 0.0390. The molecule has 0 bridgehead atoms. The minimum atomic E-state index is -3.75. The molecule has 1 aromatic heterocycles. The Morgan fingerprint density at radius 3 is 2.66 bits per heavy atom. The number of benzene rings is 2. The maximum absolute atomic E-state index is 13.5. The van der Waals surface area contributed by atoms with Crippen LogP contribution in [-0.4, -0.2) is 81.4 Å².